The van der Waals surface area contributed by atoms with Gasteiger partial charge in [-0.25, -0.2) is 0 Å². The number of rotatable bonds is 7. The maximum Gasteiger partial charge on any atom is 0.157 e. The van der Waals surface area contributed by atoms with Crippen LogP contribution in [0.2, 0.25) is 5.02 Å². The van der Waals surface area contributed by atoms with E-state index in [4.69, 9.17) is 17.3 Å². The molecule has 4 unspecified atom stereocenters. The summed E-state index contributed by atoms with van der Waals surface area (Å²) in [5.41, 5.74) is 13.2. The van der Waals surface area contributed by atoms with Gasteiger partial charge in [0, 0.05) is 24.0 Å². The average molecular weight is 492 g/mol. The van der Waals surface area contributed by atoms with Crippen molar-refractivity contribution in [2.45, 2.75) is 77.2 Å². The Morgan fingerprint density at radius 2 is 2.06 bits per heavy atom. The number of aromatic nitrogens is 1. The number of nitrogens with one attached hydrogen (secondary N) is 2. The summed E-state index contributed by atoms with van der Waals surface area (Å²) in [4.78, 5) is 16.9. The topological polar surface area (TPSA) is 70.9 Å². The second-order valence-corrected chi connectivity index (χ2v) is 11.1. The smallest absolute Gasteiger partial charge is 0.157 e. The van der Waals surface area contributed by atoms with Gasteiger partial charge in [0.1, 0.15) is 0 Å². The summed E-state index contributed by atoms with van der Waals surface area (Å²) in [6.07, 6.45) is 17.2. The molecule has 186 valence electrons. The van der Waals surface area contributed by atoms with E-state index in [1.165, 1.54) is 43.2 Å². The van der Waals surface area contributed by atoms with Gasteiger partial charge in [-0.2, -0.15) is 0 Å². The van der Waals surface area contributed by atoms with Crippen LogP contribution in [0.4, 0.5) is 5.69 Å². The Labute approximate surface area is 214 Å². The molecule has 2 aromatic rings. The van der Waals surface area contributed by atoms with Crippen molar-refractivity contribution in [1.29, 1.82) is 0 Å². The number of hydrogen-bond acceptors (Lipinski definition) is 3. The minimum absolute atomic E-state index is 0.133. The molecule has 4 nitrogen and oxygen atoms in total. The van der Waals surface area contributed by atoms with Crippen molar-refractivity contribution in [2.24, 2.45) is 23.5 Å². The molecule has 5 rings (SSSR count). The van der Waals surface area contributed by atoms with E-state index < -0.39 is 6.04 Å². The maximum atomic E-state index is 13.7. The zero-order chi connectivity index (χ0) is 24.4. The Morgan fingerprint density at radius 3 is 2.83 bits per heavy atom. The highest BCUT2D eigenvalue weighted by atomic mass is 35.5. The number of nitrogens with two attached hydrogens (primary N) is 1. The summed E-state index contributed by atoms with van der Waals surface area (Å²) in [6, 6.07) is 7.68. The number of carbonyl (C=O) groups is 1. The van der Waals surface area contributed by atoms with E-state index in [0.29, 0.717) is 10.9 Å². The molecular weight excluding hydrogens is 454 g/mol. The first-order chi connectivity index (χ1) is 17.0. The molecule has 2 saturated carbocycles. The highest BCUT2D eigenvalue weighted by Gasteiger charge is 2.46. The molecule has 4 atom stereocenters. The van der Waals surface area contributed by atoms with E-state index in [-0.39, 0.29) is 11.7 Å². The van der Waals surface area contributed by atoms with E-state index in [1.807, 2.05) is 24.5 Å². The van der Waals surface area contributed by atoms with Crippen LogP contribution < -0.4 is 11.1 Å². The van der Waals surface area contributed by atoms with Crippen LogP contribution in [0.25, 0.3) is 6.08 Å². The van der Waals surface area contributed by atoms with Gasteiger partial charge in [0.15, 0.2) is 5.78 Å². The van der Waals surface area contributed by atoms with Crippen LogP contribution in [0.5, 0.6) is 0 Å². The van der Waals surface area contributed by atoms with Crippen molar-refractivity contribution >= 4 is 29.1 Å². The van der Waals surface area contributed by atoms with Crippen LogP contribution in [0.1, 0.15) is 75.8 Å². The molecule has 3 aliphatic rings. The summed E-state index contributed by atoms with van der Waals surface area (Å²) in [5.74, 6) is 1.66. The van der Waals surface area contributed by atoms with Gasteiger partial charge in [-0.1, -0.05) is 50.3 Å². The number of hydrogen-bond donors (Lipinski definition) is 3. The molecule has 1 heterocycles. The van der Waals surface area contributed by atoms with Crippen molar-refractivity contribution in [3.63, 3.8) is 0 Å². The Bertz CT molecular complexity index is 1120. The lowest BCUT2D eigenvalue weighted by atomic mass is 9.59. The van der Waals surface area contributed by atoms with E-state index in [1.54, 1.807) is 0 Å². The molecule has 2 fully saturated rings. The molecule has 1 aromatic carbocycles. The standard InChI is InChI=1S/C30H38ClN3O/c1-2-19-11-12-27(26(31)16-19)34-29-22(15-20-13-14-33-18-20)8-6-10-24(29)28(32)30(35)25-17-21-7-4-3-5-9-23(21)25/h11-16,18,21,23,25,28,33-34H,2-10,17,32H2,1H3/b22-15+. The van der Waals surface area contributed by atoms with Crippen LogP contribution in [0.15, 0.2) is 53.5 Å². The van der Waals surface area contributed by atoms with Crippen LogP contribution in [-0.4, -0.2) is 16.8 Å². The maximum absolute atomic E-state index is 13.7. The summed E-state index contributed by atoms with van der Waals surface area (Å²) in [5, 5.41) is 4.32. The zero-order valence-corrected chi connectivity index (χ0v) is 21.5. The number of ketones is 1. The van der Waals surface area contributed by atoms with Gasteiger partial charge in [-0.05, 0) is 96.9 Å². The number of anilines is 1. The third-order valence-corrected chi connectivity index (χ3v) is 8.85. The molecule has 3 aliphatic carbocycles. The molecule has 4 N–H and O–H groups in total. The van der Waals surface area contributed by atoms with E-state index >= 15 is 0 Å². The second kappa shape index (κ2) is 10.8. The lowest BCUT2D eigenvalue weighted by molar-refractivity contribution is -0.132. The molecule has 0 amide bonds. The summed E-state index contributed by atoms with van der Waals surface area (Å²) >= 11 is 6.67. The fourth-order valence-electron chi connectivity index (χ4n) is 6.45. The molecular formula is C30H38ClN3O. The van der Waals surface area contributed by atoms with E-state index in [9.17, 15) is 4.79 Å². The van der Waals surface area contributed by atoms with Crippen molar-refractivity contribution in [1.82, 2.24) is 4.98 Å². The Morgan fingerprint density at radius 1 is 1.20 bits per heavy atom. The van der Waals surface area contributed by atoms with Gasteiger partial charge in [0.05, 0.1) is 16.8 Å². The number of carbonyl (C=O) groups excluding carboxylic acids is 1. The first-order valence-corrected chi connectivity index (χ1v) is 13.8. The lowest BCUT2D eigenvalue weighted by Gasteiger charge is -2.44. The summed E-state index contributed by atoms with van der Waals surface area (Å²) in [7, 11) is 0. The Balaban J connectivity index is 1.47. The number of benzene rings is 1. The van der Waals surface area contributed by atoms with Crippen molar-refractivity contribution in [3.05, 3.63) is 69.7 Å². The van der Waals surface area contributed by atoms with Gasteiger partial charge in [0.2, 0.25) is 0 Å². The molecule has 1 aromatic heterocycles. The molecule has 0 saturated heterocycles. The van der Waals surface area contributed by atoms with Crippen LogP contribution in [0, 0.1) is 17.8 Å². The number of aromatic amines is 1. The monoisotopic (exact) mass is 491 g/mol. The highest BCUT2D eigenvalue weighted by molar-refractivity contribution is 6.33. The number of allylic oxidation sites excluding steroid dienone is 1. The third kappa shape index (κ3) is 5.15. The van der Waals surface area contributed by atoms with Gasteiger partial charge >= 0.3 is 0 Å². The SMILES string of the molecule is CCc1ccc(NC2=C(C(N)C(=O)C3CC4CCCCCC43)CCC/C2=C\c2cc[nH]c2)c(Cl)c1. The predicted molar refractivity (Wildman–Crippen MR) is 145 cm³/mol. The Hall–Kier alpha value is -2.30. The molecule has 0 aliphatic heterocycles. The largest absolute Gasteiger partial charge is 0.367 e. The number of H-pyrrole nitrogens is 1. The minimum atomic E-state index is -0.560. The van der Waals surface area contributed by atoms with Crippen LogP contribution in [0.3, 0.4) is 0 Å². The second-order valence-electron chi connectivity index (χ2n) is 10.6. The van der Waals surface area contributed by atoms with Gasteiger partial charge in [-0.15, -0.1) is 0 Å². The fraction of sp³-hybridized carbons (Fsp3) is 0.500. The first-order valence-electron chi connectivity index (χ1n) is 13.5. The average Bonchev–Trinajstić information content (AvgIpc) is 3.30. The Kier molecular flexibility index (Phi) is 7.50. The predicted octanol–water partition coefficient (Wildman–Crippen LogP) is 7.28. The lowest BCUT2D eigenvalue weighted by Crippen LogP contribution is -2.48. The van der Waals surface area contributed by atoms with Gasteiger partial charge < -0.3 is 16.0 Å². The molecule has 0 bridgehead atoms. The zero-order valence-electron chi connectivity index (χ0n) is 20.8. The quantitative estimate of drug-likeness (QED) is 0.381. The molecule has 0 spiro atoms. The number of fused-ring (bicyclic) bond motifs is 1. The van der Waals surface area contributed by atoms with Crippen molar-refractivity contribution in [3.8, 4) is 0 Å². The molecule has 35 heavy (non-hydrogen) atoms. The van der Waals surface area contributed by atoms with Crippen LogP contribution in [-0.2, 0) is 11.2 Å². The molecule has 5 heteroatoms. The molecule has 0 radical (unpaired) electrons. The first kappa shape index (κ1) is 24.4. The van der Waals surface area contributed by atoms with Gasteiger partial charge in [-0.3, -0.25) is 4.79 Å². The normalized spacial score (nSPS) is 26.6. The number of Topliss-reactive ketones (excluding diaryl/α,β-unsaturated/α-hetero) is 1. The summed E-state index contributed by atoms with van der Waals surface area (Å²) in [6.45, 7) is 2.13. The highest BCUT2D eigenvalue weighted by Crippen LogP contribution is 2.49. The van der Waals surface area contributed by atoms with Crippen molar-refractivity contribution < 1.29 is 4.79 Å². The van der Waals surface area contributed by atoms with Crippen molar-refractivity contribution in [2.75, 3.05) is 5.32 Å². The summed E-state index contributed by atoms with van der Waals surface area (Å²) < 4.78 is 0. The fourth-order valence-corrected chi connectivity index (χ4v) is 6.70. The minimum Gasteiger partial charge on any atom is -0.367 e. The third-order valence-electron chi connectivity index (χ3n) is 8.54. The number of aryl methyl sites for hydroxylation is 1. The van der Waals surface area contributed by atoms with Crippen LogP contribution >= 0.6 is 11.6 Å². The van der Waals surface area contributed by atoms with E-state index in [2.05, 4.69) is 35.4 Å². The van der Waals surface area contributed by atoms with E-state index in [0.717, 1.165) is 60.5 Å². The van der Waals surface area contributed by atoms with Gasteiger partial charge in [0.25, 0.3) is 0 Å². The number of halogens is 1.